The normalized spacial score (nSPS) is 31.0. The Bertz CT molecular complexity index is 969. The van der Waals surface area contributed by atoms with Crippen LogP contribution >= 0.6 is 0 Å². The Labute approximate surface area is 224 Å². The lowest BCUT2D eigenvalue weighted by atomic mass is 9.58. The van der Waals surface area contributed by atoms with Crippen molar-refractivity contribution in [2.45, 2.75) is 110 Å². The van der Waals surface area contributed by atoms with Crippen molar-refractivity contribution < 1.29 is 38.2 Å². The fourth-order valence-electron chi connectivity index (χ4n) is 7.07. The molecule has 8 heteroatoms. The molecule has 0 aromatic heterocycles. The molecule has 0 amide bonds. The minimum Gasteiger partial charge on any atom is -0.466 e. The van der Waals surface area contributed by atoms with Gasteiger partial charge in [0.15, 0.2) is 0 Å². The van der Waals surface area contributed by atoms with E-state index in [1.165, 1.54) is 0 Å². The Hall–Kier alpha value is -2.38. The van der Waals surface area contributed by atoms with Crippen molar-refractivity contribution in [3.8, 4) is 0 Å². The summed E-state index contributed by atoms with van der Waals surface area (Å²) in [6.07, 6.45) is 8.60. The average molecular weight is 531 g/mol. The summed E-state index contributed by atoms with van der Waals surface area (Å²) in [5, 5.41) is 0. The zero-order valence-corrected chi connectivity index (χ0v) is 22.7. The van der Waals surface area contributed by atoms with Crippen molar-refractivity contribution in [2.75, 3.05) is 13.2 Å². The van der Waals surface area contributed by atoms with E-state index in [-0.39, 0.29) is 85.3 Å². The Morgan fingerprint density at radius 2 is 1.34 bits per heavy atom. The first-order valence-electron chi connectivity index (χ1n) is 14.6. The second-order valence-electron chi connectivity index (χ2n) is 12.2. The Balaban J connectivity index is 1.17. The molecule has 0 aromatic rings. The molecule has 4 bridgehead atoms. The number of rotatable bonds is 14. The fraction of sp³-hybridized carbons (Fsp3) is 0.800. The SMILES string of the molecule is CCCCC(CCCC(=O)OCCC12CCC(CC1=O)C(=O)C2)C(=O)OCCC12CCC(CC1=O)C(=O)C2. The molecule has 210 valence electrons. The van der Waals surface area contributed by atoms with Crippen molar-refractivity contribution >= 4 is 35.1 Å². The third-order valence-corrected chi connectivity index (χ3v) is 9.77. The van der Waals surface area contributed by atoms with E-state index in [1.54, 1.807) is 0 Å². The number of hydrogen-bond donors (Lipinski definition) is 0. The minimum atomic E-state index is -0.650. The van der Waals surface area contributed by atoms with Crippen molar-refractivity contribution in [3.63, 3.8) is 0 Å². The summed E-state index contributed by atoms with van der Waals surface area (Å²) >= 11 is 0. The molecule has 5 atom stereocenters. The predicted molar refractivity (Wildman–Crippen MR) is 137 cm³/mol. The number of fused-ring (bicyclic) bond motifs is 6. The van der Waals surface area contributed by atoms with Gasteiger partial charge in [-0.25, -0.2) is 0 Å². The van der Waals surface area contributed by atoms with Gasteiger partial charge in [-0.1, -0.05) is 19.8 Å². The molecule has 0 heterocycles. The van der Waals surface area contributed by atoms with Gasteiger partial charge in [0.1, 0.15) is 23.1 Å². The highest BCUT2D eigenvalue weighted by atomic mass is 16.5. The van der Waals surface area contributed by atoms with Gasteiger partial charge in [-0.2, -0.15) is 0 Å². The van der Waals surface area contributed by atoms with E-state index in [1.807, 2.05) is 0 Å². The smallest absolute Gasteiger partial charge is 0.308 e. The molecule has 38 heavy (non-hydrogen) atoms. The molecule has 6 saturated carbocycles. The molecule has 0 aromatic carbocycles. The number of carbonyl (C=O) groups excluding carboxylic acids is 6. The van der Waals surface area contributed by atoms with Crippen LogP contribution in [0.15, 0.2) is 0 Å². The monoisotopic (exact) mass is 530 g/mol. The van der Waals surface area contributed by atoms with Crippen LogP contribution in [0.3, 0.4) is 0 Å². The predicted octanol–water partition coefficient (Wildman–Crippen LogP) is 4.49. The summed E-state index contributed by atoms with van der Waals surface area (Å²) in [6, 6.07) is 0. The molecule has 8 nitrogen and oxygen atoms in total. The van der Waals surface area contributed by atoms with Crippen LogP contribution < -0.4 is 0 Å². The molecular formula is C30H42O8. The van der Waals surface area contributed by atoms with Gasteiger partial charge in [-0.3, -0.25) is 28.8 Å². The van der Waals surface area contributed by atoms with E-state index in [0.29, 0.717) is 57.8 Å². The van der Waals surface area contributed by atoms with E-state index in [4.69, 9.17) is 9.47 Å². The highest BCUT2D eigenvalue weighted by Crippen LogP contribution is 2.49. The van der Waals surface area contributed by atoms with Crippen LogP contribution in [0.25, 0.3) is 0 Å². The zero-order valence-electron chi connectivity index (χ0n) is 22.7. The third kappa shape index (κ3) is 6.26. The first kappa shape index (κ1) is 28.6. The van der Waals surface area contributed by atoms with Crippen molar-refractivity contribution in [3.05, 3.63) is 0 Å². The molecule has 0 aliphatic heterocycles. The van der Waals surface area contributed by atoms with Crippen LogP contribution in [-0.4, -0.2) is 48.3 Å². The molecule has 6 fully saturated rings. The van der Waals surface area contributed by atoms with Crippen LogP contribution in [0.2, 0.25) is 0 Å². The molecule has 6 rings (SSSR count). The van der Waals surface area contributed by atoms with Crippen LogP contribution in [0.1, 0.15) is 110 Å². The molecule has 6 aliphatic rings. The fourth-order valence-corrected chi connectivity index (χ4v) is 7.07. The van der Waals surface area contributed by atoms with Crippen molar-refractivity contribution in [1.29, 1.82) is 0 Å². The van der Waals surface area contributed by atoms with Gasteiger partial charge in [-0.15, -0.1) is 0 Å². The van der Waals surface area contributed by atoms with E-state index < -0.39 is 10.8 Å². The number of Topliss-reactive ketones (excluding diaryl/α,β-unsaturated/α-hetero) is 4. The second kappa shape index (κ2) is 12.2. The van der Waals surface area contributed by atoms with Gasteiger partial charge in [0.25, 0.3) is 0 Å². The minimum absolute atomic E-state index is 0.104. The molecule has 0 spiro atoms. The summed E-state index contributed by atoms with van der Waals surface area (Å²) in [6.45, 7) is 2.32. The standard InChI is InChI=1S/C30H42O8/c1-2-3-5-20(28(36)38-15-13-30-11-9-22(17-26(30)34)24(32)19-30)6-4-7-27(35)37-14-12-29-10-8-21(16-25(29)33)23(31)18-29/h20-22H,2-19H2,1H3. The summed E-state index contributed by atoms with van der Waals surface area (Å²) in [4.78, 5) is 74.5. The molecule has 0 N–H and O–H groups in total. The molecular weight excluding hydrogens is 488 g/mol. The molecule has 6 aliphatic carbocycles. The lowest BCUT2D eigenvalue weighted by molar-refractivity contribution is -0.156. The van der Waals surface area contributed by atoms with E-state index >= 15 is 0 Å². The van der Waals surface area contributed by atoms with Gasteiger partial charge < -0.3 is 9.47 Å². The number of carbonyl (C=O) groups is 6. The number of ether oxygens (including phenoxy) is 2. The van der Waals surface area contributed by atoms with Gasteiger partial charge >= 0.3 is 11.9 Å². The summed E-state index contributed by atoms with van der Waals surface area (Å²) < 4.78 is 11.0. The maximum Gasteiger partial charge on any atom is 0.308 e. The highest BCUT2D eigenvalue weighted by Gasteiger charge is 2.52. The molecule has 0 radical (unpaired) electrons. The Kier molecular flexibility index (Phi) is 9.19. The molecule has 5 unspecified atom stereocenters. The Morgan fingerprint density at radius 1 is 0.816 bits per heavy atom. The maximum atomic E-state index is 12.8. The quantitative estimate of drug-likeness (QED) is 0.301. The average Bonchev–Trinajstić information content (AvgIpc) is 2.88. The Morgan fingerprint density at radius 3 is 1.84 bits per heavy atom. The van der Waals surface area contributed by atoms with Gasteiger partial charge in [-0.05, 0) is 57.8 Å². The lowest BCUT2D eigenvalue weighted by Gasteiger charge is -2.43. The largest absolute Gasteiger partial charge is 0.466 e. The highest BCUT2D eigenvalue weighted by molar-refractivity contribution is 6.00. The summed E-state index contributed by atoms with van der Waals surface area (Å²) in [5.41, 5.74) is -1.29. The number of esters is 2. The molecule has 0 saturated heterocycles. The number of ketones is 4. The van der Waals surface area contributed by atoms with E-state index in [0.717, 1.165) is 25.7 Å². The van der Waals surface area contributed by atoms with Crippen LogP contribution in [0, 0.1) is 28.6 Å². The van der Waals surface area contributed by atoms with Crippen LogP contribution in [0.4, 0.5) is 0 Å². The van der Waals surface area contributed by atoms with Crippen molar-refractivity contribution in [2.24, 2.45) is 28.6 Å². The van der Waals surface area contributed by atoms with Crippen LogP contribution in [-0.2, 0) is 38.2 Å². The van der Waals surface area contributed by atoms with E-state index in [2.05, 4.69) is 6.92 Å². The van der Waals surface area contributed by atoms with E-state index in [9.17, 15) is 28.8 Å². The lowest BCUT2D eigenvalue weighted by Crippen LogP contribution is -2.48. The third-order valence-electron chi connectivity index (χ3n) is 9.77. The van der Waals surface area contributed by atoms with Crippen LogP contribution in [0.5, 0.6) is 0 Å². The first-order chi connectivity index (χ1) is 18.2. The van der Waals surface area contributed by atoms with Gasteiger partial charge in [0, 0.05) is 54.8 Å². The number of hydrogen-bond acceptors (Lipinski definition) is 8. The summed E-state index contributed by atoms with van der Waals surface area (Å²) in [5.74, 6) is -0.591. The summed E-state index contributed by atoms with van der Waals surface area (Å²) in [7, 11) is 0. The zero-order chi connectivity index (χ0) is 27.3. The number of unbranched alkanes of at least 4 members (excludes halogenated alkanes) is 1. The maximum absolute atomic E-state index is 12.8. The van der Waals surface area contributed by atoms with Crippen molar-refractivity contribution in [1.82, 2.24) is 0 Å². The van der Waals surface area contributed by atoms with Gasteiger partial charge in [0.2, 0.25) is 0 Å². The van der Waals surface area contributed by atoms with Gasteiger partial charge in [0.05, 0.1) is 19.1 Å². The first-order valence-corrected chi connectivity index (χ1v) is 14.6. The topological polar surface area (TPSA) is 121 Å². The second-order valence-corrected chi connectivity index (χ2v) is 12.2.